The predicted molar refractivity (Wildman–Crippen MR) is 247 cm³/mol. The molecule has 0 saturated carbocycles. The molecule has 0 radical (unpaired) electrons. The van der Waals surface area contributed by atoms with Crippen molar-refractivity contribution < 1.29 is 47.9 Å². The minimum atomic E-state index is -0.708. The normalized spacial score (nSPS) is 12.6. The van der Waals surface area contributed by atoms with Crippen LogP contribution in [0.2, 0.25) is 0 Å². The average molecular weight is 938 g/mol. The van der Waals surface area contributed by atoms with Gasteiger partial charge in [-0.25, -0.2) is 43.4 Å². The average Bonchev–Trinajstić information content (AvgIpc) is 3.34. The minimum Gasteiger partial charge on any atom is -0.356 e. The van der Waals surface area contributed by atoms with E-state index in [1.165, 1.54) is 16.7 Å². The Bertz CT molecular complexity index is 1540. The Labute approximate surface area is 389 Å². The Morgan fingerprint density at radius 1 is 0.515 bits per heavy atom. The first kappa shape index (κ1) is 58.1. The van der Waals surface area contributed by atoms with Crippen LogP contribution in [0.25, 0.3) is 0 Å². The van der Waals surface area contributed by atoms with Crippen LogP contribution in [0.1, 0.15) is 135 Å². The van der Waals surface area contributed by atoms with E-state index in [4.69, 9.17) is 17.2 Å². The molecule has 1 saturated heterocycles. The monoisotopic (exact) mass is 938 g/mol. The van der Waals surface area contributed by atoms with Crippen molar-refractivity contribution in [1.29, 1.82) is 0 Å². The van der Waals surface area contributed by atoms with E-state index in [2.05, 4.69) is 21.3 Å². The summed E-state index contributed by atoms with van der Waals surface area (Å²) in [6.45, 7) is 4.07. The van der Waals surface area contributed by atoms with Gasteiger partial charge in [0.2, 0.25) is 18.2 Å². The SMILES string of the molecule is CC(=O)NCCCCCCN(C(=O)N(C)CCCCCCN1C(=O)CN(CCCCCCNC(N)=O)C(=O)N(CCCCCCNC(N)=O)C1=O)C(=O)N(C=O)CCCCCCNC(N)=O. The van der Waals surface area contributed by atoms with E-state index < -0.39 is 48.1 Å². The number of carbonyl (C=O) groups is 10. The molecule has 17 amide bonds. The molecule has 376 valence electrons. The summed E-state index contributed by atoms with van der Waals surface area (Å²) in [7, 11) is 1.59. The maximum atomic E-state index is 13.8. The molecule has 1 aliphatic rings. The Morgan fingerprint density at radius 2 is 0.924 bits per heavy atom. The lowest BCUT2D eigenvalue weighted by molar-refractivity contribution is -0.128. The molecule has 0 aromatic rings. The summed E-state index contributed by atoms with van der Waals surface area (Å²) < 4.78 is 0. The molecule has 23 nitrogen and oxygen atoms in total. The molecule has 0 atom stereocenters. The Morgan fingerprint density at radius 3 is 1.39 bits per heavy atom. The number of urea groups is 7. The van der Waals surface area contributed by atoms with Crippen LogP contribution in [-0.2, 0) is 14.4 Å². The number of nitrogens with zero attached hydrogens (tertiary/aromatic N) is 6. The second-order valence-electron chi connectivity index (χ2n) is 16.5. The van der Waals surface area contributed by atoms with Crippen molar-refractivity contribution in [1.82, 2.24) is 50.7 Å². The number of hydrogen-bond acceptors (Lipinski definition) is 10. The number of rotatable bonds is 36. The minimum absolute atomic E-state index is 0.102. The third kappa shape index (κ3) is 26.2. The van der Waals surface area contributed by atoms with Crippen molar-refractivity contribution in [2.45, 2.75) is 135 Å². The van der Waals surface area contributed by atoms with Gasteiger partial charge in [-0.3, -0.25) is 24.2 Å². The third-order valence-electron chi connectivity index (χ3n) is 10.9. The van der Waals surface area contributed by atoms with Crippen molar-refractivity contribution in [3.63, 3.8) is 0 Å². The van der Waals surface area contributed by atoms with Crippen molar-refractivity contribution in [2.75, 3.05) is 79.0 Å². The second kappa shape index (κ2) is 35.4. The highest BCUT2D eigenvalue weighted by molar-refractivity contribution is 6.05. The molecule has 1 rings (SSSR count). The van der Waals surface area contributed by atoms with Crippen molar-refractivity contribution in [2.24, 2.45) is 17.2 Å². The van der Waals surface area contributed by atoms with Gasteiger partial charge in [0.05, 0.1) is 0 Å². The molecule has 1 heterocycles. The lowest BCUT2D eigenvalue weighted by Crippen LogP contribution is -2.51. The van der Waals surface area contributed by atoms with E-state index in [0.29, 0.717) is 129 Å². The first-order valence-electron chi connectivity index (χ1n) is 23.6. The summed E-state index contributed by atoms with van der Waals surface area (Å²) in [6.07, 6.45) is 13.5. The van der Waals surface area contributed by atoms with Gasteiger partial charge >= 0.3 is 42.2 Å². The van der Waals surface area contributed by atoms with Crippen LogP contribution < -0.4 is 38.5 Å². The lowest BCUT2D eigenvalue weighted by Gasteiger charge is -2.30. The number of amides is 17. The molecular weight excluding hydrogens is 859 g/mol. The zero-order valence-corrected chi connectivity index (χ0v) is 39.5. The highest BCUT2D eigenvalue weighted by Crippen LogP contribution is 2.17. The number of imide groups is 4. The number of nitrogens with two attached hydrogens (primary N) is 3. The summed E-state index contributed by atoms with van der Waals surface area (Å²) in [6, 6.07) is -4.23. The number of unbranched alkanes of at least 4 members (excludes halogenated alkanes) is 15. The van der Waals surface area contributed by atoms with Gasteiger partial charge < -0.3 is 48.3 Å². The molecule has 23 heteroatoms. The topological polar surface area (TPSA) is 316 Å². The van der Waals surface area contributed by atoms with Crippen LogP contribution >= 0.6 is 0 Å². The molecule has 0 bridgehead atoms. The summed E-state index contributed by atoms with van der Waals surface area (Å²) >= 11 is 0. The molecule has 0 unspecified atom stereocenters. The van der Waals surface area contributed by atoms with E-state index >= 15 is 0 Å². The molecule has 1 aliphatic heterocycles. The molecule has 10 N–H and O–H groups in total. The molecular formula is C43H79N13O10. The van der Waals surface area contributed by atoms with Gasteiger partial charge in [-0.15, -0.1) is 0 Å². The maximum Gasteiger partial charge on any atom is 0.334 e. The van der Waals surface area contributed by atoms with Crippen LogP contribution in [0.3, 0.4) is 0 Å². The number of carbonyl (C=O) groups excluding carboxylic acids is 10. The summed E-state index contributed by atoms with van der Waals surface area (Å²) in [5.74, 6) is -0.583. The van der Waals surface area contributed by atoms with Crippen LogP contribution in [0.5, 0.6) is 0 Å². The van der Waals surface area contributed by atoms with Crippen LogP contribution in [0, 0.1) is 0 Å². The molecule has 0 spiro atoms. The fourth-order valence-electron chi connectivity index (χ4n) is 7.24. The number of nitrogens with one attached hydrogen (secondary N) is 4. The zero-order chi connectivity index (χ0) is 49.1. The summed E-state index contributed by atoms with van der Waals surface area (Å²) in [5.41, 5.74) is 15.3. The highest BCUT2D eigenvalue weighted by Gasteiger charge is 2.38. The Hall–Kier alpha value is -5.90. The van der Waals surface area contributed by atoms with Crippen LogP contribution in [-0.4, -0.2) is 169 Å². The van der Waals surface area contributed by atoms with Gasteiger partial charge in [-0.05, 0) is 64.2 Å². The predicted octanol–water partition coefficient (Wildman–Crippen LogP) is 3.55. The highest BCUT2D eigenvalue weighted by atomic mass is 16.2. The van der Waals surface area contributed by atoms with Gasteiger partial charge in [0.1, 0.15) is 6.54 Å². The lowest BCUT2D eigenvalue weighted by atomic mass is 10.1. The van der Waals surface area contributed by atoms with Gasteiger partial charge in [0.15, 0.2) is 0 Å². The van der Waals surface area contributed by atoms with Crippen molar-refractivity contribution >= 4 is 60.4 Å². The summed E-state index contributed by atoms with van der Waals surface area (Å²) in [5, 5.41) is 10.3. The number of primary amides is 3. The van der Waals surface area contributed by atoms with Gasteiger partial charge in [-0.2, -0.15) is 0 Å². The number of hydrogen-bond donors (Lipinski definition) is 7. The Kier molecular flexibility index (Phi) is 31.1. The van der Waals surface area contributed by atoms with Gasteiger partial charge in [0, 0.05) is 79.4 Å². The maximum absolute atomic E-state index is 13.8. The van der Waals surface area contributed by atoms with E-state index in [1.54, 1.807) is 7.05 Å². The summed E-state index contributed by atoms with van der Waals surface area (Å²) in [4.78, 5) is 131. The molecule has 66 heavy (non-hydrogen) atoms. The fraction of sp³-hybridized carbons (Fsp3) is 0.767. The molecule has 1 fully saturated rings. The molecule has 0 aromatic heterocycles. The van der Waals surface area contributed by atoms with Crippen molar-refractivity contribution in [3.05, 3.63) is 0 Å². The van der Waals surface area contributed by atoms with E-state index in [-0.39, 0.29) is 45.2 Å². The largest absolute Gasteiger partial charge is 0.356 e. The van der Waals surface area contributed by atoms with Crippen molar-refractivity contribution in [3.8, 4) is 0 Å². The molecule has 0 aliphatic carbocycles. The second-order valence-corrected chi connectivity index (χ2v) is 16.5. The van der Waals surface area contributed by atoms with Gasteiger partial charge in [0.25, 0.3) is 0 Å². The quantitative estimate of drug-likeness (QED) is 0.0354. The van der Waals surface area contributed by atoms with Crippen LogP contribution in [0.4, 0.5) is 33.6 Å². The first-order chi connectivity index (χ1) is 31.6. The van der Waals surface area contributed by atoms with E-state index in [1.807, 2.05) is 0 Å². The van der Waals surface area contributed by atoms with Crippen LogP contribution in [0.15, 0.2) is 0 Å². The Balaban J connectivity index is 2.84. The van der Waals surface area contributed by atoms with E-state index in [9.17, 15) is 47.9 Å². The zero-order valence-electron chi connectivity index (χ0n) is 39.5. The van der Waals surface area contributed by atoms with E-state index in [0.717, 1.165) is 58.1 Å². The first-order valence-corrected chi connectivity index (χ1v) is 23.6. The third-order valence-corrected chi connectivity index (χ3v) is 10.9. The van der Waals surface area contributed by atoms with Gasteiger partial charge in [-0.1, -0.05) is 64.2 Å². The standard InChI is InChI=1S/C43H79N13O10/c1-35(58)47-23-13-5-9-21-31-55(42(65)53(34-57)29-19-8-4-15-25-49-38(45)61)40(63)51(2)27-17-11-12-20-30-54-36(59)33-52(28-18-7-3-14-24-48-37(44)60)41(64)56(43(54)66)32-22-10-6-16-26-50-39(46)62/h34H,3-33H2,1-2H3,(H,47,58)(H3,44,48,60)(H3,45,49,61)(H3,46,50,62). The molecule has 0 aromatic carbocycles. The fourth-order valence-corrected chi connectivity index (χ4v) is 7.24. The smallest absolute Gasteiger partial charge is 0.334 e.